The number of carbonyl (C=O) groups excluding carboxylic acids is 1. The van der Waals surface area contributed by atoms with E-state index >= 15 is 0 Å². The minimum absolute atomic E-state index is 0.0419. The highest BCUT2D eigenvalue weighted by Gasteiger charge is 2.07. The lowest BCUT2D eigenvalue weighted by atomic mass is 10.3. The van der Waals surface area contributed by atoms with Gasteiger partial charge in [-0.3, -0.25) is 4.79 Å². The first kappa shape index (κ1) is 8.99. The molecule has 0 aromatic carbocycles. The molecule has 0 spiro atoms. The van der Waals surface area contributed by atoms with E-state index in [0.717, 1.165) is 5.69 Å². The van der Waals surface area contributed by atoms with E-state index in [1.165, 1.54) is 16.2 Å². The van der Waals surface area contributed by atoms with Crippen LogP contribution in [0, 0.1) is 0 Å². The van der Waals surface area contributed by atoms with Gasteiger partial charge in [0.05, 0.1) is 12.1 Å². The number of nitrogen functional groups attached to an aromatic ring is 1. The molecule has 0 aliphatic heterocycles. The second kappa shape index (κ2) is 3.53. The van der Waals surface area contributed by atoms with Crippen molar-refractivity contribution >= 4 is 22.4 Å². The Balaban J connectivity index is 2.58. The highest BCUT2D eigenvalue weighted by molar-refractivity contribution is 7.13. The average Bonchev–Trinajstić information content (AvgIpc) is 2.35. The summed E-state index contributed by atoms with van der Waals surface area (Å²) in [5, 5.41) is 2.31. The lowest BCUT2D eigenvalue weighted by Gasteiger charge is -2.07. The highest BCUT2D eigenvalue weighted by Crippen LogP contribution is 2.11. The van der Waals surface area contributed by atoms with Crippen LogP contribution in [-0.2, 0) is 11.2 Å². The maximum Gasteiger partial charge on any atom is 0.228 e. The van der Waals surface area contributed by atoms with Crippen LogP contribution in [0.3, 0.4) is 0 Å². The summed E-state index contributed by atoms with van der Waals surface area (Å²) in [6.07, 6.45) is 0.334. The standard InChI is InChI=1S/C7H11N3OS/c1-10(2)6(11)3-5-4-12-7(8)9-5/h4H,3H2,1-2H3,(H2,8,9). The first-order valence-corrected chi connectivity index (χ1v) is 4.37. The molecule has 0 bridgehead atoms. The molecule has 0 aliphatic carbocycles. The minimum Gasteiger partial charge on any atom is -0.375 e. The molecule has 2 N–H and O–H groups in total. The number of hydrogen-bond acceptors (Lipinski definition) is 4. The Morgan fingerprint density at radius 1 is 1.75 bits per heavy atom. The van der Waals surface area contributed by atoms with Gasteiger partial charge in [-0.15, -0.1) is 11.3 Å². The number of aromatic nitrogens is 1. The third-order valence-corrected chi connectivity index (χ3v) is 2.12. The number of thiazole rings is 1. The van der Waals surface area contributed by atoms with Gasteiger partial charge in [0.1, 0.15) is 0 Å². The Labute approximate surface area is 75.0 Å². The Hall–Kier alpha value is -1.10. The van der Waals surface area contributed by atoms with E-state index < -0.39 is 0 Å². The maximum atomic E-state index is 11.2. The molecule has 5 heteroatoms. The number of anilines is 1. The van der Waals surface area contributed by atoms with Crippen LogP contribution < -0.4 is 5.73 Å². The van der Waals surface area contributed by atoms with Crippen molar-refractivity contribution in [1.29, 1.82) is 0 Å². The average molecular weight is 185 g/mol. The molecular weight excluding hydrogens is 174 g/mol. The van der Waals surface area contributed by atoms with Gasteiger partial charge in [-0.1, -0.05) is 0 Å². The number of likely N-dealkylation sites (N-methyl/N-ethyl adjacent to an activating group) is 1. The molecule has 1 aromatic rings. The molecule has 1 rings (SSSR count). The zero-order chi connectivity index (χ0) is 9.14. The van der Waals surface area contributed by atoms with Crippen LogP contribution in [0.2, 0.25) is 0 Å². The van der Waals surface area contributed by atoms with E-state index in [1.807, 2.05) is 0 Å². The molecule has 0 saturated carbocycles. The summed E-state index contributed by atoms with van der Waals surface area (Å²) in [7, 11) is 3.44. The van der Waals surface area contributed by atoms with Crippen LogP contribution in [-0.4, -0.2) is 29.9 Å². The topological polar surface area (TPSA) is 59.2 Å². The normalized spacial score (nSPS) is 9.83. The van der Waals surface area contributed by atoms with Gasteiger partial charge in [-0.25, -0.2) is 4.98 Å². The Morgan fingerprint density at radius 3 is 2.83 bits per heavy atom. The van der Waals surface area contributed by atoms with Crippen LogP contribution in [0.15, 0.2) is 5.38 Å². The number of amides is 1. The zero-order valence-corrected chi connectivity index (χ0v) is 7.89. The molecule has 1 aromatic heterocycles. The molecule has 0 aliphatic rings. The third kappa shape index (κ3) is 2.20. The fourth-order valence-electron chi connectivity index (χ4n) is 0.717. The SMILES string of the molecule is CN(C)C(=O)Cc1csc(N)n1. The molecule has 1 heterocycles. The van der Waals surface area contributed by atoms with Gasteiger partial charge in [-0.05, 0) is 0 Å². The molecule has 0 saturated heterocycles. The summed E-state index contributed by atoms with van der Waals surface area (Å²) in [4.78, 5) is 16.7. The van der Waals surface area contributed by atoms with Crippen molar-refractivity contribution in [2.45, 2.75) is 6.42 Å². The minimum atomic E-state index is 0.0419. The number of carbonyl (C=O) groups is 1. The van der Waals surface area contributed by atoms with Crippen LogP contribution in [0.4, 0.5) is 5.13 Å². The summed E-state index contributed by atoms with van der Waals surface area (Å²) >= 11 is 1.35. The molecular formula is C7H11N3OS. The fraction of sp³-hybridized carbons (Fsp3) is 0.429. The van der Waals surface area contributed by atoms with Gasteiger partial charge in [0.25, 0.3) is 0 Å². The number of nitrogens with zero attached hydrogens (tertiary/aromatic N) is 2. The number of rotatable bonds is 2. The maximum absolute atomic E-state index is 11.2. The summed E-state index contributed by atoms with van der Waals surface area (Å²) in [6.45, 7) is 0. The van der Waals surface area contributed by atoms with Crippen molar-refractivity contribution in [2.75, 3.05) is 19.8 Å². The fourth-order valence-corrected chi connectivity index (χ4v) is 1.28. The van der Waals surface area contributed by atoms with E-state index in [2.05, 4.69) is 4.98 Å². The van der Waals surface area contributed by atoms with Gasteiger partial charge in [-0.2, -0.15) is 0 Å². The number of nitrogens with two attached hydrogens (primary N) is 1. The first-order valence-electron chi connectivity index (χ1n) is 3.49. The van der Waals surface area contributed by atoms with Gasteiger partial charge >= 0.3 is 0 Å². The Bertz CT molecular complexity index is 282. The van der Waals surface area contributed by atoms with Crippen molar-refractivity contribution in [2.24, 2.45) is 0 Å². The van der Waals surface area contributed by atoms with Crippen molar-refractivity contribution in [3.8, 4) is 0 Å². The summed E-state index contributed by atoms with van der Waals surface area (Å²) < 4.78 is 0. The molecule has 4 nitrogen and oxygen atoms in total. The van der Waals surface area contributed by atoms with Crippen molar-refractivity contribution in [3.63, 3.8) is 0 Å². The predicted octanol–water partition coefficient (Wildman–Crippen LogP) is 0.356. The molecule has 0 fully saturated rings. The summed E-state index contributed by atoms with van der Waals surface area (Å²) in [5.74, 6) is 0.0419. The lowest BCUT2D eigenvalue weighted by molar-refractivity contribution is -0.128. The molecule has 1 amide bonds. The van der Waals surface area contributed by atoms with Crippen LogP contribution in [0.5, 0.6) is 0 Å². The smallest absolute Gasteiger partial charge is 0.228 e. The zero-order valence-electron chi connectivity index (χ0n) is 7.07. The lowest BCUT2D eigenvalue weighted by Crippen LogP contribution is -2.23. The van der Waals surface area contributed by atoms with E-state index in [1.54, 1.807) is 19.5 Å². The van der Waals surface area contributed by atoms with Crippen molar-refractivity contribution in [3.05, 3.63) is 11.1 Å². The van der Waals surface area contributed by atoms with Gasteiger partial charge in [0.2, 0.25) is 5.91 Å². The Morgan fingerprint density at radius 2 is 2.42 bits per heavy atom. The van der Waals surface area contributed by atoms with Crippen LogP contribution in [0.1, 0.15) is 5.69 Å². The second-order valence-corrected chi connectivity index (χ2v) is 3.53. The monoisotopic (exact) mass is 185 g/mol. The summed E-state index contributed by atoms with van der Waals surface area (Å²) in [6, 6.07) is 0. The van der Waals surface area contributed by atoms with E-state index in [4.69, 9.17) is 5.73 Å². The van der Waals surface area contributed by atoms with Crippen molar-refractivity contribution < 1.29 is 4.79 Å². The largest absolute Gasteiger partial charge is 0.375 e. The Kier molecular flexibility index (Phi) is 2.65. The van der Waals surface area contributed by atoms with Gasteiger partial charge in [0, 0.05) is 19.5 Å². The van der Waals surface area contributed by atoms with Gasteiger partial charge in [0.15, 0.2) is 5.13 Å². The molecule has 0 unspecified atom stereocenters. The second-order valence-electron chi connectivity index (χ2n) is 2.64. The van der Waals surface area contributed by atoms with Gasteiger partial charge < -0.3 is 10.6 Å². The summed E-state index contributed by atoms with van der Waals surface area (Å²) in [5.41, 5.74) is 6.16. The molecule has 0 radical (unpaired) electrons. The quantitative estimate of drug-likeness (QED) is 0.723. The molecule has 0 atom stereocenters. The van der Waals surface area contributed by atoms with E-state index in [-0.39, 0.29) is 5.91 Å². The predicted molar refractivity (Wildman–Crippen MR) is 48.9 cm³/mol. The first-order chi connectivity index (χ1) is 5.59. The van der Waals surface area contributed by atoms with Crippen LogP contribution >= 0.6 is 11.3 Å². The molecule has 66 valence electrons. The van der Waals surface area contributed by atoms with Crippen LogP contribution in [0.25, 0.3) is 0 Å². The molecule has 12 heavy (non-hydrogen) atoms. The third-order valence-electron chi connectivity index (χ3n) is 1.40. The van der Waals surface area contributed by atoms with Crippen molar-refractivity contribution in [1.82, 2.24) is 9.88 Å². The highest BCUT2D eigenvalue weighted by atomic mass is 32.1. The number of hydrogen-bond donors (Lipinski definition) is 1. The van der Waals surface area contributed by atoms with E-state index in [0.29, 0.717) is 11.6 Å². The van der Waals surface area contributed by atoms with E-state index in [9.17, 15) is 4.79 Å².